The van der Waals surface area contributed by atoms with Gasteiger partial charge in [0.05, 0.1) is 12.5 Å². The molecule has 0 fully saturated rings. The molecule has 1 rings (SSSR count). The molecule has 0 saturated heterocycles. The van der Waals surface area contributed by atoms with Gasteiger partial charge in [0.25, 0.3) is 0 Å². The Balaban J connectivity index is 2.70. The van der Waals surface area contributed by atoms with Crippen LogP contribution in [0.2, 0.25) is 0 Å². The van der Waals surface area contributed by atoms with Gasteiger partial charge in [0.15, 0.2) is 0 Å². The summed E-state index contributed by atoms with van der Waals surface area (Å²) in [5, 5.41) is 0.0863. The Bertz CT molecular complexity index is 406. The molecule has 0 heterocycles. The third-order valence-electron chi connectivity index (χ3n) is 3.38. The second kappa shape index (κ2) is 6.65. The van der Waals surface area contributed by atoms with E-state index in [1.165, 1.54) is 17.5 Å². The Morgan fingerprint density at radius 1 is 1.26 bits per heavy atom. The van der Waals surface area contributed by atoms with Crippen LogP contribution in [0.3, 0.4) is 0 Å². The number of halogens is 1. The van der Waals surface area contributed by atoms with Gasteiger partial charge in [-0.1, -0.05) is 33.8 Å². The van der Waals surface area contributed by atoms with Gasteiger partial charge >= 0.3 is 0 Å². The largest absolute Gasteiger partial charge is 0.497 e. The number of benzene rings is 1. The minimum Gasteiger partial charge on any atom is -0.497 e. The van der Waals surface area contributed by atoms with Crippen molar-refractivity contribution in [3.05, 3.63) is 29.3 Å². The Morgan fingerprint density at radius 2 is 1.89 bits per heavy atom. The van der Waals surface area contributed by atoms with Gasteiger partial charge in [0, 0.05) is 0 Å². The first kappa shape index (κ1) is 16.4. The maximum absolute atomic E-state index is 6.59. The monoisotopic (exact) mass is 282 g/mol. The van der Waals surface area contributed by atoms with Crippen LogP contribution in [0.5, 0.6) is 5.75 Å². The lowest BCUT2D eigenvalue weighted by molar-refractivity contribution is 0.295. The fourth-order valence-corrected chi connectivity index (χ4v) is 3.28. The van der Waals surface area contributed by atoms with Crippen LogP contribution in [0, 0.1) is 18.3 Å². The Hall–Kier alpha value is -0.690. The van der Waals surface area contributed by atoms with Crippen molar-refractivity contribution in [3.8, 4) is 5.75 Å². The first-order valence-corrected chi connectivity index (χ1v) is 7.45. The van der Waals surface area contributed by atoms with Crippen molar-refractivity contribution in [2.45, 2.75) is 52.8 Å². The predicted octanol–water partition coefficient (Wildman–Crippen LogP) is 5.75. The minimum absolute atomic E-state index is 0.0863. The Morgan fingerprint density at radius 3 is 2.37 bits per heavy atom. The number of ether oxygens (including phenoxy) is 1. The molecule has 0 aromatic heterocycles. The van der Waals surface area contributed by atoms with Gasteiger partial charge in [-0.05, 0) is 54.4 Å². The van der Waals surface area contributed by atoms with E-state index in [2.05, 4.69) is 46.8 Å². The number of hydrogen-bond donors (Lipinski definition) is 0. The van der Waals surface area contributed by atoms with E-state index >= 15 is 0 Å². The van der Waals surface area contributed by atoms with Crippen LogP contribution < -0.4 is 4.74 Å². The number of rotatable bonds is 5. The summed E-state index contributed by atoms with van der Waals surface area (Å²) in [5.74, 6) is 1.52. The van der Waals surface area contributed by atoms with Crippen molar-refractivity contribution in [3.63, 3.8) is 0 Å². The number of methoxy groups -OCH3 is 1. The molecular weight excluding hydrogens is 256 g/mol. The van der Waals surface area contributed by atoms with Gasteiger partial charge in [0.1, 0.15) is 5.75 Å². The maximum atomic E-state index is 6.59. The van der Waals surface area contributed by atoms with E-state index < -0.39 is 0 Å². The molecule has 108 valence electrons. The van der Waals surface area contributed by atoms with Crippen LogP contribution in [0.1, 0.15) is 57.0 Å². The molecule has 19 heavy (non-hydrogen) atoms. The molecule has 0 spiro atoms. The summed E-state index contributed by atoms with van der Waals surface area (Å²) in [5.41, 5.74) is 2.80. The first-order valence-electron chi connectivity index (χ1n) is 7.01. The SMILES string of the molecule is COc1ccc(C(Cl)CC(C)CC(C)(C)C)c(C)c1. The van der Waals surface area contributed by atoms with Gasteiger partial charge in [-0.15, -0.1) is 11.6 Å². The molecule has 0 saturated carbocycles. The molecule has 2 unspecified atom stereocenters. The van der Waals surface area contributed by atoms with E-state index in [0.717, 1.165) is 12.2 Å². The Labute approximate surface area is 123 Å². The van der Waals surface area contributed by atoms with Crippen molar-refractivity contribution in [1.29, 1.82) is 0 Å². The highest BCUT2D eigenvalue weighted by Gasteiger charge is 2.20. The molecule has 0 amide bonds. The van der Waals surface area contributed by atoms with Crippen LogP contribution in [0.25, 0.3) is 0 Å². The van der Waals surface area contributed by atoms with E-state index in [9.17, 15) is 0 Å². The summed E-state index contributed by atoms with van der Waals surface area (Å²) in [4.78, 5) is 0. The molecule has 0 bridgehead atoms. The molecule has 0 aliphatic heterocycles. The smallest absolute Gasteiger partial charge is 0.119 e. The standard InChI is InChI=1S/C17H27ClO/c1-12(11-17(3,4)5)9-16(18)15-8-7-14(19-6)10-13(15)2/h7-8,10,12,16H,9,11H2,1-6H3. The van der Waals surface area contributed by atoms with Crippen molar-refractivity contribution >= 4 is 11.6 Å². The summed E-state index contributed by atoms with van der Waals surface area (Å²) in [6.45, 7) is 11.2. The highest BCUT2D eigenvalue weighted by Crippen LogP contribution is 2.35. The average Bonchev–Trinajstić information content (AvgIpc) is 2.25. The predicted molar refractivity (Wildman–Crippen MR) is 84.2 cm³/mol. The van der Waals surface area contributed by atoms with Gasteiger partial charge in [0.2, 0.25) is 0 Å². The second-order valence-corrected chi connectivity index (χ2v) is 7.32. The summed E-state index contributed by atoms with van der Waals surface area (Å²) in [6.07, 6.45) is 2.22. The summed E-state index contributed by atoms with van der Waals surface area (Å²) < 4.78 is 5.23. The van der Waals surface area contributed by atoms with Crippen LogP contribution in [-0.2, 0) is 0 Å². The van der Waals surface area contributed by atoms with Crippen molar-refractivity contribution in [2.24, 2.45) is 11.3 Å². The molecule has 0 radical (unpaired) electrons. The normalized spacial score (nSPS) is 15.1. The highest BCUT2D eigenvalue weighted by molar-refractivity contribution is 6.20. The fraction of sp³-hybridized carbons (Fsp3) is 0.647. The highest BCUT2D eigenvalue weighted by atomic mass is 35.5. The van der Waals surface area contributed by atoms with Crippen molar-refractivity contribution < 1.29 is 4.74 Å². The van der Waals surface area contributed by atoms with Gasteiger partial charge in [-0.3, -0.25) is 0 Å². The summed E-state index contributed by atoms with van der Waals surface area (Å²) in [7, 11) is 1.69. The second-order valence-electron chi connectivity index (χ2n) is 6.80. The summed E-state index contributed by atoms with van der Waals surface area (Å²) >= 11 is 6.59. The molecule has 2 atom stereocenters. The van der Waals surface area contributed by atoms with E-state index in [1.807, 2.05) is 6.07 Å². The molecule has 0 aliphatic carbocycles. The average molecular weight is 283 g/mol. The third-order valence-corrected chi connectivity index (χ3v) is 3.80. The minimum atomic E-state index is 0.0863. The molecule has 1 nitrogen and oxygen atoms in total. The molecule has 1 aromatic rings. The molecule has 1 aromatic carbocycles. The van der Waals surface area contributed by atoms with Crippen LogP contribution in [0.4, 0.5) is 0 Å². The molecule has 0 aliphatic rings. The maximum Gasteiger partial charge on any atom is 0.119 e. The molecular formula is C17H27ClO. The van der Waals surface area contributed by atoms with Gasteiger partial charge in [-0.2, -0.15) is 0 Å². The van der Waals surface area contributed by atoms with Crippen LogP contribution in [-0.4, -0.2) is 7.11 Å². The number of aryl methyl sites for hydroxylation is 1. The van der Waals surface area contributed by atoms with E-state index in [1.54, 1.807) is 7.11 Å². The van der Waals surface area contributed by atoms with Gasteiger partial charge < -0.3 is 4.74 Å². The lowest BCUT2D eigenvalue weighted by atomic mass is 9.83. The number of hydrogen-bond acceptors (Lipinski definition) is 1. The summed E-state index contributed by atoms with van der Waals surface area (Å²) in [6, 6.07) is 6.14. The zero-order chi connectivity index (χ0) is 14.6. The topological polar surface area (TPSA) is 9.23 Å². The Kier molecular flexibility index (Phi) is 5.73. The fourth-order valence-electron chi connectivity index (χ4n) is 2.74. The first-order chi connectivity index (χ1) is 8.73. The van der Waals surface area contributed by atoms with E-state index in [4.69, 9.17) is 16.3 Å². The zero-order valence-electron chi connectivity index (χ0n) is 13.1. The number of alkyl halides is 1. The van der Waals surface area contributed by atoms with E-state index in [-0.39, 0.29) is 5.38 Å². The lowest BCUT2D eigenvalue weighted by Gasteiger charge is -2.25. The zero-order valence-corrected chi connectivity index (χ0v) is 13.8. The van der Waals surface area contributed by atoms with Crippen LogP contribution >= 0.6 is 11.6 Å². The lowest BCUT2D eigenvalue weighted by Crippen LogP contribution is -2.12. The van der Waals surface area contributed by atoms with E-state index in [0.29, 0.717) is 11.3 Å². The van der Waals surface area contributed by atoms with Crippen molar-refractivity contribution in [1.82, 2.24) is 0 Å². The van der Waals surface area contributed by atoms with Crippen molar-refractivity contribution in [2.75, 3.05) is 7.11 Å². The third kappa shape index (κ3) is 5.44. The molecule has 0 N–H and O–H groups in total. The quantitative estimate of drug-likeness (QED) is 0.625. The van der Waals surface area contributed by atoms with Gasteiger partial charge in [-0.25, -0.2) is 0 Å². The van der Waals surface area contributed by atoms with Crippen LogP contribution in [0.15, 0.2) is 18.2 Å². The molecule has 2 heteroatoms.